The van der Waals surface area contributed by atoms with Crippen molar-refractivity contribution in [1.82, 2.24) is 14.5 Å². The Morgan fingerprint density at radius 3 is 2.41 bits per heavy atom. The van der Waals surface area contributed by atoms with Crippen molar-refractivity contribution in [2.75, 3.05) is 37.6 Å². The molecule has 1 heterocycles. The van der Waals surface area contributed by atoms with Crippen LogP contribution in [0.2, 0.25) is 0 Å². The first-order valence-electron chi connectivity index (χ1n) is 14.8. The second kappa shape index (κ2) is 13.1. The molecular formula is C31H47N5O4S. The number of sulfonamides is 1. The fourth-order valence-corrected chi connectivity index (χ4v) is 7.77. The number of amides is 1. The van der Waals surface area contributed by atoms with Gasteiger partial charge >= 0.3 is 0 Å². The molecule has 4 atom stereocenters. The molecule has 1 saturated heterocycles. The van der Waals surface area contributed by atoms with E-state index < -0.39 is 16.1 Å². The Labute approximate surface area is 245 Å². The van der Waals surface area contributed by atoms with Crippen LogP contribution in [0.25, 0.3) is 0 Å². The summed E-state index contributed by atoms with van der Waals surface area (Å²) in [5.41, 5.74) is 13.4. The van der Waals surface area contributed by atoms with E-state index in [9.17, 15) is 18.3 Å². The number of likely N-dealkylation sites (tertiary alicyclic amines) is 1. The number of nitrogens with zero attached hydrogens (tertiary/aromatic N) is 2. The third-order valence-corrected chi connectivity index (χ3v) is 10.2. The molecule has 2 fully saturated rings. The van der Waals surface area contributed by atoms with Crippen LogP contribution >= 0.6 is 0 Å². The third-order valence-electron chi connectivity index (χ3n) is 8.28. The van der Waals surface area contributed by atoms with E-state index >= 15 is 0 Å². The van der Waals surface area contributed by atoms with Crippen LogP contribution in [0.5, 0.6) is 0 Å². The SMILES string of the molecule is CC(C)(C)NC(=O)[C@@H]1C[C@@H]2CCCC[C@@H]2CN1C[C@@H](O)CN(CCc1cccc(N)c1)S(=O)(=O)c1ccc(N)cc1. The van der Waals surface area contributed by atoms with Crippen LogP contribution in [0.4, 0.5) is 11.4 Å². The van der Waals surface area contributed by atoms with Gasteiger partial charge in [-0.25, -0.2) is 8.42 Å². The van der Waals surface area contributed by atoms with Gasteiger partial charge in [0, 0.05) is 43.1 Å². The molecule has 226 valence electrons. The molecule has 1 saturated carbocycles. The van der Waals surface area contributed by atoms with Crippen molar-refractivity contribution in [3.05, 3.63) is 54.1 Å². The van der Waals surface area contributed by atoms with Crippen molar-refractivity contribution in [2.24, 2.45) is 11.8 Å². The first kappa shape index (κ1) is 31.3. The molecule has 0 bridgehead atoms. The summed E-state index contributed by atoms with van der Waals surface area (Å²) >= 11 is 0. The Hall–Kier alpha value is -2.66. The second-order valence-electron chi connectivity index (χ2n) is 12.8. The van der Waals surface area contributed by atoms with Crippen molar-refractivity contribution in [3.8, 4) is 0 Å². The van der Waals surface area contributed by atoms with Gasteiger partial charge in [0.25, 0.3) is 0 Å². The van der Waals surface area contributed by atoms with E-state index in [1.807, 2.05) is 39.0 Å². The number of aliphatic hydroxyl groups excluding tert-OH is 1. The van der Waals surface area contributed by atoms with Crippen LogP contribution in [0.1, 0.15) is 58.4 Å². The molecule has 1 amide bonds. The van der Waals surface area contributed by atoms with Crippen molar-refractivity contribution in [3.63, 3.8) is 0 Å². The number of rotatable bonds is 10. The molecule has 10 heteroatoms. The molecule has 0 spiro atoms. The maximum Gasteiger partial charge on any atom is 0.243 e. The van der Waals surface area contributed by atoms with Gasteiger partial charge in [0.15, 0.2) is 0 Å². The molecule has 6 N–H and O–H groups in total. The lowest BCUT2D eigenvalue weighted by molar-refractivity contribution is -0.132. The number of nitrogen functional groups attached to an aromatic ring is 2. The first-order chi connectivity index (χ1) is 19.3. The van der Waals surface area contributed by atoms with Gasteiger partial charge in [-0.3, -0.25) is 9.69 Å². The number of nitrogens with two attached hydrogens (primary N) is 2. The molecule has 1 aliphatic heterocycles. The third kappa shape index (κ3) is 8.44. The Bertz CT molecular complexity index is 1280. The summed E-state index contributed by atoms with van der Waals surface area (Å²) in [6, 6.07) is 13.1. The minimum Gasteiger partial charge on any atom is -0.399 e. The minimum atomic E-state index is -3.92. The molecule has 0 aromatic heterocycles. The normalized spacial score (nSPS) is 22.7. The van der Waals surface area contributed by atoms with Crippen LogP contribution < -0.4 is 16.8 Å². The van der Waals surface area contributed by atoms with Crippen LogP contribution in [-0.4, -0.2) is 72.5 Å². The van der Waals surface area contributed by atoms with E-state index in [1.165, 1.54) is 29.3 Å². The van der Waals surface area contributed by atoms with Gasteiger partial charge < -0.3 is 21.9 Å². The van der Waals surface area contributed by atoms with Crippen molar-refractivity contribution < 1.29 is 18.3 Å². The number of hydrogen-bond acceptors (Lipinski definition) is 7. The quantitative estimate of drug-likeness (QED) is 0.314. The molecule has 2 aromatic rings. The van der Waals surface area contributed by atoms with E-state index in [1.54, 1.807) is 18.2 Å². The number of nitrogens with one attached hydrogen (secondary N) is 1. The monoisotopic (exact) mass is 585 g/mol. The van der Waals surface area contributed by atoms with Gasteiger partial charge in [-0.15, -0.1) is 0 Å². The Morgan fingerprint density at radius 2 is 1.76 bits per heavy atom. The van der Waals surface area contributed by atoms with E-state index in [2.05, 4.69) is 10.2 Å². The lowest BCUT2D eigenvalue weighted by atomic mass is 9.72. The molecule has 2 aliphatic rings. The number of aliphatic hydroxyl groups is 1. The largest absolute Gasteiger partial charge is 0.399 e. The second-order valence-corrected chi connectivity index (χ2v) is 14.8. The molecule has 2 aromatic carbocycles. The van der Waals surface area contributed by atoms with E-state index in [0.29, 0.717) is 29.6 Å². The average Bonchev–Trinajstić information content (AvgIpc) is 2.90. The number of fused-ring (bicyclic) bond motifs is 1. The van der Waals surface area contributed by atoms with Crippen LogP contribution in [0.15, 0.2) is 53.4 Å². The zero-order valence-electron chi connectivity index (χ0n) is 24.6. The number of carbonyl (C=O) groups is 1. The minimum absolute atomic E-state index is 0.0262. The Morgan fingerprint density at radius 1 is 1.07 bits per heavy atom. The fraction of sp³-hybridized carbons (Fsp3) is 0.581. The predicted molar refractivity (Wildman–Crippen MR) is 164 cm³/mol. The molecule has 9 nitrogen and oxygen atoms in total. The van der Waals surface area contributed by atoms with E-state index in [-0.39, 0.29) is 42.0 Å². The van der Waals surface area contributed by atoms with Crippen molar-refractivity contribution in [2.45, 2.75) is 81.9 Å². The summed E-state index contributed by atoms with van der Waals surface area (Å²) in [6.45, 7) is 6.94. The standard InChI is InChI=1S/C31H47N5O4S/c1-31(2,3)34-30(38)29-18-23-8-4-5-9-24(23)19-35(29)20-27(37)21-36(16-15-22-7-6-10-26(33)17-22)41(39,40)28-13-11-25(32)12-14-28/h6-7,10-14,17,23-24,27,29,37H,4-5,8-9,15-16,18-21,32-33H2,1-3H3,(H,34,38)/t23-,24+,27+,29-/m0/s1. The predicted octanol–water partition coefficient (Wildman–Crippen LogP) is 3.24. The number of hydrogen-bond donors (Lipinski definition) is 4. The molecule has 1 aliphatic carbocycles. The summed E-state index contributed by atoms with van der Waals surface area (Å²) in [7, 11) is -3.92. The first-order valence-corrected chi connectivity index (χ1v) is 16.2. The number of piperidine rings is 1. The van der Waals surface area contributed by atoms with Crippen molar-refractivity contribution >= 4 is 27.3 Å². The highest BCUT2D eigenvalue weighted by molar-refractivity contribution is 7.89. The number of anilines is 2. The molecule has 0 unspecified atom stereocenters. The van der Waals surface area contributed by atoms with Crippen molar-refractivity contribution in [1.29, 1.82) is 0 Å². The zero-order chi connectivity index (χ0) is 29.8. The van der Waals surface area contributed by atoms with Crippen LogP contribution in [0.3, 0.4) is 0 Å². The van der Waals surface area contributed by atoms with Gasteiger partial charge in [0.1, 0.15) is 0 Å². The zero-order valence-corrected chi connectivity index (χ0v) is 25.4. The van der Waals surface area contributed by atoms with Gasteiger partial charge in [0.05, 0.1) is 17.0 Å². The number of benzene rings is 2. The van der Waals surface area contributed by atoms with E-state index in [0.717, 1.165) is 31.4 Å². The summed E-state index contributed by atoms with van der Waals surface area (Å²) in [5, 5.41) is 14.5. The summed E-state index contributed by atoms with van der Waals surface area (Å²) in [5.74, 6) is 0.975. The summed E-state index contributed by atoms with van der Waals surface area (Å²) < 4.78 is 28.8. The number of carbonyl (C=O) groups excluding carboxylic acids is 1. The highest BCUT2D eigenvalue weighted by Crippen LogP contribution is 2.39. The Balaban J connectivity index is 1.53. The topological polar surface area (TPSA) is 142 Å². The lowest BCUT2D eigenvalue weighted by Crippen LogP contribution is -2.59. The maximum atomic E-state index is 13.7. The summed E-state index contributed by atoms with van der Waals surface area (Å²) in [6.07, 6.45) is 4.87. The lowest BCUT2D eigenvalue weighted by Gasteiger charge is -2.46. The number of β-amino-alcohol motifs (C(OH)–C–C–N with tert-alkyl or cyclic N) is 1. The average molecular weight is 586 g/mol. The maximum absolute atomic E-state index is 13.7. The Kier molecular flexibility index (Phi) is 10.00. The smallest absolute Gasteiger partial charge is 0.243 e. The van der Waals surface area contributed by atoms with E-state index in [4.69, 9.17) is 11.5 Å². The van der Waals surface area contributed by atoms with Crippen LogP contribution in [-0.2, 0) is 21.2 Å². The molecule has 4 rings (SSSR count). The molecule has 0 radical (unpaired) electrons. The summed E-state index contributed by atoms with van der Waals surface area (Å²) in [4.78, 5) is 15.6. The highest BCUT2D eigenvalue weighted by Gasteiger charge is 2.41. The molecule has 41 heavy (non-hydrogen) atoms. The van der Waals surface area contributed by atoms with Gasteiger partial charge in [-0.1, -0.05) is 31.4 Å². The van der Waals surface area contributed by atoms with Gasteiger partial charge in [-0.05, 0) is 93.8 Å². The fourth-order valence-electron chi connectivity index (χ4n) is 6.29. The van der Waals surface area contributed by atoms with Gasteiger partial charge in [0.2, 0.25) is 15.9 Å². The van der Waals surface area contributed by atoms with Crippen LogP contribution in [0, 0.1) is 11.8 Å². The van der Waals surface area contributed by atoms with Gasteiger partial charge in [-0.2, -0.15) is 4.31 Å². The highest BCUT2D eigenvalue weighted by atomic mass is 32.2. The molecular weight excluding hydrogens is 538 g/mol.